The number of ether oxygens (including phenoxy) is 2. The van der Waals surface area contributed by atoms with Gasteiger partial charge in [-0.3, -0.25) is 9.59 Å². The Morgan fingerprint density at radius 2 is 0.561 bits per heavy atom. The average molecular weight is 932 g/mol. The third-order valence-electron chi connectivity index (χ3n) is 14.1. The van der Waals surface area contributed by atoms with Gasteiger partial charge in [0.25, 0.3) is 0 Å². The van der Waals surface area contributed by atoms with Crippen LogP contribution in [-0.2, 0) is 19.1 Å². The fraction of sp³-hybridized carbons (Fsp3) is 0.934. The van der Waals surface area contributed by atoms with Crippen molar-refractivity contribution in [3.05, 3.63) is 12.2 Å². The van der Waals surface area contributed by atoms with E-state index in [0.29, 0.717) is 12.8 Å². The first-order chi connectivity index (χ1) is 32.6. The maximum atomic E-state index is 12.3. The van der Waals surface area contributed by atoms with E-state index in [-0.39, 0.29) is 25.2 Å². The molecule has 1 unspecified atom stereocenters. The van der Waals surface area contributed by atoms with E-state index in [1.165, 1.54) is 289 Å². The van der Waals surface area contributed by atoms with Crippen LogP contribution >= 0.6 is 0 Å². The lowest BCUT2D eigenvalue weighted by atomic mass is 10.0. The fourth-order valence-corrected chi connectivity index (χ4v) is 9.50. The Bertz CT molecular complexity index is 963. The minimum absolute atomic E-state index is 0.0593. The van der Waals surface area contributed by atoms with Crippen LogP contribution in [0, 0.1) is 0 Å². The van der Waals surface area contributed by atoms with Crippen molar-refractivity contribution in [2.45, 2.75) is 354 Å². The van der Waals surface area contributed by atoms with Crippen LogP contribution in [0.3, 0.4) is 0 Å². The van der Waals surface area contributed by atoms with Crippen LogP contribution in [0.4, 0.5) is 0 Å². The van der Waals surface area contributed by atoms with E-state index in [2.05, 4.69) is 26.0 Å². The molecule has 0 aliphatic heterocycles. The normalized spacial score (nSPS) is 12.1. The number of hydrogen-bond acceptors (Lipinski definition) is 5. The van der Waals surface area contributed by atoms with Gasteiger partial charge in [-0.2, -0.15) is 0 Å². The monoisotopic (exact) mass is 931 g/mol. The van der Waals surface area contributed by atoms with Crippen molar-refractivity contribution in [2.75, 3.05) is 13.2 Å². The van der Waals surface area contributed by atoms with Crippen molar-refractivity contribution in [1.29, 1.82) is 0 Å². The molecule has 0 bridgehead atoms. The van der Waals surface area contributed by atoms with Crippen LogP contribution in [-0.4, -0.2) is 36.4 Å². The van der Waals surface area contributed by atoms with Crippen LogP contribution < -0.4 is 0 Å². The summed E-state index contributed by atoms with van der Waals surface area (Å²) in [5.41, 5.74) is 0. The lowest BCUT2D eigenvalue weighted by molar-refractivity contribution is -0.161. The molecule has 0 aromatic carbocycles. The number of aliphatic hydroxyl groups excluding tert-OH is 1. The molecule has 0 aromatic heterocycles. The molecule has 0 fully saturated rings. The van der Waals surface area contributed by atoms with Gasteiger partial charge in [0.2, 0.25) is 0 Å². The number of carbonyl (C=O) groups is 2. The lowest BCUT2D eigenvalue weighted by Crippen LogP contribution is -2.28. The largest absolute Gasteiger partial charge is 0.462 e. The van der Waals surface area contributed by atoms with Crippen molar-refractivity contribution in [3.63, 3.8) is 0 Å². The van der Waals surface area contributed by atoms with E-state index in [9.17, 15) is 14.7 Å². The van der Waals surface area contributed by atoms with Crippen LogP contribution in [0.25, 0.3) is 0 Å². The number of allylic oxidation sites excluding steroid dienone is 2. The SMILES string of the molecule is CCCCCCCC/C=C\CCCCCCCCCCCC(=O)OC(CO)COC(=O)CCCCCCCCCCCCCCCCCCCCCCCCCCCCCCCCCCC. The second-order valence-corrected chi connectivity index (χ2v) is 20.8. The van der Waals surface area contributed by atoms with E-state index in [1.807, 2.05) is 0 Å². The molecule has 0 aliphatic rings. The zero-order chi connectivity index (χ0) is 47.7. The van der Waals surface area contributed by atoms with Gasteiger partial charge in [0.15, 0.2) is 6.10 Å². The molecular weight excluding hydrogens is 813 g/mol. The van der Waals surface area contributed by atoms with E-state index in [0.717, 1.165) is 32.1 Å². The van der Waals surface area contributed by atoms with Crippen molar-refractivity contribution in [3.8, 4) is 0 Å². The summed E-state index contributed by atoms with van der Waals surface area (Å²) in [5.74, 6) is -0.571. The molecule has 0 aliphatic carbocycles. The number of hydrogen-bond donors (Lipinski definition) is 1. The molecule has 5 nitrogen and oxygen atoms in total. The molecule has 66 heavy (non-hydrogen) atoms. The summed E-state index contributed by atoms with van der Waals surface area (Å²) in [5, 5.41) is 9.65. The van der Waals surface area contributed by atoms with Gasteiger partial charge in [0.05, 0.1) is 6.61 Å². The third-order valence-corrected chi connectivity index (χ3v) is 14.1. The molecule has 0 radical (unpaired) electrons. The molecule has 0 amide bonds. The summed E-state index contributed by atoms with van der Waals surface area (Å²) >= 11 is 0. The Kier molecular flexibility index (Phi) is 56.8. The number of esters is 2. The average Bonchev–Trinajstić information content (AvgIpc) is 3.32. The first-order valence-corrected chi connectivity index (χ1v) is 30.2. The molecule has 0 rings (SSSR count). The van der Waals surface area contributed by atoms with Gasteiger partial charge in [0, 0.05) is 12.8 Å². The molecule has 5 heteroatoms. The van der Waals surface area contributed by atoms with Gasteiger partial charge in [-0.05, 0) is 38.5 Å². The predicted octanol–water partition coefficient (Wildman–Crippen LogP) is 20.3. The van der Waals surface area contributed by atoms with Gasteiger partial charge >= 0.3 is 11.9 Å². The smallest absolute Gasteiger partial charge is 0.306 e. The minimum Gasteiger partial charge on any atom is -0.462 e. The van der Waals surface area contributed by atoms with E-state index < -0.39 is 6.10 Å². The quantitative estimate of drug-likeness (QED) is 0.0374. The molecule has 1 atom stereocenters. The summed E-state index contributed by atoms with van der Waals surface area (Å²) < 4.78 is 10.7. The first-order valence-electron chi connectivity index (χ1n) is 30.2. The maximum absolute atomic E-state index is 12.3. The highest BCUT2D eigenvalue weighted by molar-refractivity contribution is 5.70. The summed E-state index contributed by atoms with van der Waals surface area (Å²) in [6, 6.07) is 0. The van der Waals surface area contributed by atoms with Gasteiger partial charge in [0.1, 0.15) is 6.61 Å². The molecule has 0 saturated carbocycles. The maximum Gasteiger partial charge on any atom is 0.306 e. The number of rotatable bonds is 57. The Balaban J connectivity index is 3.37. The zero-order valence-corrected chi connectivity index (χ0v) is 45.0. The first kappa shape index (κ1) is 64.6. The summed E-state index contributed by atoms with van der Waals surface area (Å²) in [7, 11) is 0. The van der Waals surface area contributed by atoms with Crippen LogP contribution in [0.5, 0.6) is 0 Å². The van der Waals surface area contributed by atoms with Crippen LogP contribution in [0.15, 0.2) is 12.2 Å². The number of aliphatic hydroxyl groups is 1. The summed E-state index contributed by atoms with van der Waals surface area (Å²) in [4.78, 5) is 24.5. The van der Waals surface area contributed by atoms with E-state index in [1.54, 1.807) is 0 Å². The molecular formula is C61H118O5. The lowest BCUT2D eigenvalue weighted by Gasteiger charge is -2.15. The highest BCUT2D eigenvalue weighted by Crippen LogP contribution is 2.18. The second kappa shape index (κ2) is 58.0. The fourth-order valence-electron chi connectivity index (χ4n) is 9.50. The van der Waals surface area contributed by atoms with Crippen molar-refractivity contribution in [2.24, 2.45) is 0 Å². The molecule has 1 N–H and O–H groups in total. The van der Waals surface area contributed by atoms with Gasteiger partial charge < -0.3 is 14.6 Å². The Labute approximate surface area is 413 Å². The van der Waals surface area contributed by atoms with Gasteiger partial charge in [-0.15, -0.1) is 0 Å². The molecule has 0 spiro atoms. The predicted molar refractivity (Wildman–Crippen MR) is 288 cm³/mol. The second-order valence-electron chi connectivity index (χ2n) is 20.8. The zero-order valence-electron chi connectivity index (χ0n) is 45.0. The van der Waals surface area contributed by atoms with E-state index in [4.69, 9.17) is 9.47 Å². The van der Waals surface area contributed by atoms with Crippen LogP contribution in [0.1, 0.15) is 348 Å². The summed E-state index contributed by atoms with van der Waals surface area (Å²) in [6.07, 6.45) is 72.2. The van der Waals surface area contributed by atoms with Gasteiger partial charge in [-0.25, -0.2) is 0 Å². The molecule has 392 valence electrons. The van der Waals surface area contributed by atoms with Crippen LogP contribution in [0.2, 0.25) is 0 Å². The minimum atomic E-state index is -0.768. The Morgan fingerprint density at radius 1 is 0.333 bits per heavy atom. The molecule has 0 saturated heterocycles. The number of carbonyl (C=O) groups excluding carboxylic acids is 2. The molecule has 0 aromatic rings. The standard InChI is InChI=1S/C61H118O5/c1-3-5-7-9-11-13-15-17-19-21-23-24-25-26-27-28-29-30-31-32-33-34-35-36-38-39-41-43-45-47-49-51-53-55-60(63)65-58-59(57-62)66-61(64)56-54-52-50-48-46-44-42-40-37-22-20-18-16-14-12-10-8-6-4-2/h18,20,59,62H,3-17,19,21-58H2,1-2H3/b20-18-. The highest BCUT2D eigenvalue weighted by Gasteiger charge is 2.16. The van der Waals surface area contributed by atoms with Crippen molar-refractivity contribution < 1.29 is 24.2 Å². The third kappa shape index (κ3) is 55.2. The summed E-state index contributed by atoms with van der Waals surface area (Å²) in [6.45, 7) is 4.19. The van der Waals surface area contributed by atoms with E-state index >= 15 is 0 Å². The Hall–Kier alpha value is -1.36. The topological polar surface area (TPSA) is 72.8 Å². The van der Waals surface area contributed by atoms with Crippen molar-refractivity contribution >= 4 is 11.9 Å². The molecule has 0 heterocycles. The number of unbranched alkanes of at least 4 members (excludes halogenated alkanes) is 47. The Morgan fingerprint density at radius 3 is 0.818 bits per heavy atom. The highest BCUT2D eigenvalue weighted by atomic mass is 16.6. The van der Waals surface area contributed by atoms with Crippen molar-refractivity contribution in [1.82, 2.24) is 0 Å². The van der Waals surface area contributed by atoms with Gasteiger partial charge in [-0.1, -0.05) is 309 Å².